The summed E-state index contributed by atoms with van der Waals surface area (Å²) >= 11 is 0. The second-order valence-corrected chi connectivity index (χ2v) is 9.93. The molecule has 2 aliphatic carbocycles. The maximum absolute atomic E-state index is 12.8. The number of aryl methyl sites for hydroxylation is 1. The predicted molar refractivity (Wildman–Crippen MR) is 135 cm³/mol. The number of H-pyrrole nitrogens is 1. The maximum atomic E-state index is 12.8. The van der Waals surface area contributed by atoms with Gasteiger partial charge in [-0.3, -0.25) is 9.59 Å². The molecule has 1 saturated carbocycles. The van der Waals surface area contributed by atoms with E-state index in [0.29, 0.717) is 17.9 Å². The van der Waals surface area contributed by atoms with Crippen LogP contribution in [0, 0.1) is 0 Å². The van der Waals surface area contributed by atoms with Gasteiger partial charge in [0.05, 0.1) is 28.2 Å². The van der Waals surface area contributed by atoms with Gasteiger partial charge in [0, 0.05) is 23.9 Å². The topological polar surface area (TPSA) is 99.8 Å². The number of fused-ring (bicyclic) bond motifs is 6. The van der Waals surface area contributed by atoms with Gasteiger partial charge < -0.3 is 15.6 Å². The Kier molecular flexibility index (Phi) is 4.61. The van der Waals surface area contributed by atoms with Crippen LogP contribution in [0.2, 0.25) is 0 Å². The first kappa shape index (κ1) is 21.1. The van der Waals surface area contributed by atoms with E-state index in [1.807, 2.05) is 48.7 Å². The molecule has 178 valence electrons. The summed E-state index contributed by atoms with van der Waals surface area (Å²) in [6, 6.07) is 17.2. The molecule has 1 aliphatic heterocycles. The van der Waals surface area contributed by atoms with Crippen LogP contribution >= 0.6 is 0 Å². The van der Waals surface area contributed by atoms with Crippen molar-refractivity contribution < 1.29 is 9.59 Å². The van der Waals surface area contributed by atoms with Gasteiger partial charge in [0.15, 0.2) is 5.82 Å². The van der Waals surface area contributed by atoms with Crippen LogP contribution in [0.3, 0.4) is 0 Å². The van der Waals surface area contributed by atoms with Crippen molar-refractivity contribution in [2.75, 3.05) is 0 Å². The van der Waals surface area contributed by atoms with Crippen molar-refractivity contribution in [3.63, 3.8) is 0 Å². The minimum Gasteiger partial charge on any atom is -0.354 e. The number of nitrogens with zero attached hydrogens (tertiary/aromatic N) is 2. The van der Waals surface area contributed by atoms with Gasteiger partial charge in [-0.2, -0.15) is 0 Å². The Bertz CT molecular complexity index is 1520. The molecule has 0 radical (unpaired) electrons. The van der Waals surface area contributed by atoms with Crippen LogP contribution in [0.1, 0.15) is 62.4 Å². The van der Waals surface area contributed by atoms with E-state index in [2.05, 4.69) is 20.6 Å². The van der Waals surface area contributed by atoms with E-state index in [-0.39, 0.29) is 17.4 Å². The highest BCUT2D eigenvalue weighted by molar-refractivity contribution is 6.03. The molecule has 4 aromatic rings. The van der Waals surface area contributed by atoms with Crippen LogP contribution in [0.4, 0.5) is 0 Å². The monoisotopic (exact) mass is 475 g/mol. The molecule has 2 aromatic heterocycles. The summed E-state index contributed by atoms with van der Waals surface area (Å²) in [5.74, 6) is 0.530. The third kappa shape index (κ3) is 3.19. The van der Waals surface area contributed by atoms with Gasteiger partial charge in [0.1, 0.15) is 0 Å². The van der Waals surface area contributed by atoms with E-state index in [4.69, 9.17) is 4.98 Å². The molecule has 0 bridgehead atoms. The number of hydrogen-bond acceptors (Lipinski definition) is 4. The first-order valence-electron chi connectivity index (χ1n) is 12.5. The summed E-state index contributed by atoms with van der Waals surface area (Å²) in [4.78, 5) is 38.6. The molecular formula is C29H25N5O2. The van der Waals surface area contributed by atoms with Crippen molar-refractivity contribution >= 4 is 11.8 Å². The number of aromatic nitrogens is 3. The molecule has 1 spiro atoms. The van der Waals surface area contributed by atoms with Crippen LogP contribution in [-0.2, 0) is 24.9 Å². The molecule has 0 atom stereocenters. The van der Waals surface area contributed by atoms with Crippen molar-refractivity contribution in [2.45, 2.75) is 44.2 Å². The third-order valence-corrected chi connectivity index (χ3v) is 7.82. The number of aromatic amines is 1. The van der Waals surface area contributed by atoms with Crippen LogP contribution in [0.15, 0.2) is 60.8 Å². The van der Waals surface area contributed by atoms with E-state index in [0.717, 1.165) is 77.0 Å². The zero-order chi connectivity index (χ0) is 24.3. The lowest BCUT2D eigenvalue weighted by molar-refractivity contribution is 0.0875. The van der Waals surface area contributed by atoms with Crippen LogP contribution in [0.5, 0.6) is 0 Å². The molecule has 3 N–H and O–H groups in total. The normalized spacial score (nSPS) is 16.5. The molecule has 1 fully saturated rings. The number of carbonyl (C=O) groups excluding carboxylic acids is 2. The highest BCUT2D eigenvalue weighted by Crippen LogP contribution is 2.49. The Morgan fingerprint density at radius 2 is 1.83 bits per heavy atom. The second-order valence-electron chi connectivity index (χ2n) is 9.93. The molecule has 3 heterocycles. The maximum Gasteiger partial charge on any atom is 0.254 e. The number of amides is 2. The molecular weight excluding hydrogens is 450 g/mol. The van der Waals surface area contributed by atoms with Gasteiger partial charge in [-0.05, 0) is 60.9 Å². The quantitative estimate of drug-likeness (QED) is 0.410. The fourth-order valence-electron chi connectivity index (χ4n) is 5.70. The smallest absolute Gasteiger partial charge is 0.254 e. The molecule has 7 rings (SSSR count). The van der Waals surface area contributed by atoms with E-state index in [9.17, 15) is 9.59 Å². The summed E-state index contributed by atoms with van der Waals surface area (Å²) in [6.45, 7) is 0.483. The Morgan fingerprint density at radius 3 is 2.58 bits per heavy atom. The summed E-state index contributed by atoms with van der Waals surface area (Å²) in [6.07, 6.45) is 6.62. The second kappa shape index (κ2) is 7.88. The van der Waals surface area contributed by atoms with E-state index in [1.54, 1.807) is 12.1 Å². The molecule has 0 saturated heterocycles. The Balaban J connectivity index is 1.16. The lowest BCUT2D eigenvalue weighted by Gasteiger charge is -2.38. The minimum absolute atomic E-state index is 0.0426. The fraction of sp³-hybridized carbons (Fsp3) is 0.241. The Labute approximate surface area is 208 Å². The summed E-state index contributed by atoms with van der Waals surface area (Å²) in [7, 11) is 0. The molecule has 7 heteroatoms. The summed E-state index contributed by atoms with van der Waals surface area (Å²) in [5.41, 5.74) is 8.16. The third-order valence-electron chi connectivity index (χ3n) is 7.82. The van der Waals surface area contributed by atoms with E-state index < -0.39 is 0 Å². The lowest BCUT2D eigenvalue weighted by atomic mass is 9.75. The number of hydrogen-bond donors (Lipinski definition) is 3. The van der Waals surface area contributed by atoms with Crippen LogP contribution < -0.4 is 10.6 Å². The molecule has 36 heavy (non-hydrogen) atoms. The van der Waals surface area contributed by atoms with Crippen molar-refractivity contribution in [3.8, 4) is 22.8 Å². The number of benzene rings is 2. The van der Waals surface area contributed by atoms with Gasteiger partial charge in [0.2, 0.25) is 0 Å². The first-order valence-corrected chi connectivity index (χ1v) is 12.5. The van der Waals surface area contributed by atoms with Gasteiger partial charge in [-0.25, -0.2) is 9.97 Å². The van der Waals surface area contributed by atoms with Crippen molar-refractivity contribution in [1.82, 2.24) is 25.6 Å². The molecule has 7 nitrogen and oxygen atoms in total. The van der Waals surface area contributed by atoms with Crippen molar-refractivity contribution in [2.24, 2.45) is 0 Å². The van der Waals surface area contributed by atoms with Crippen LogP contribution in [-0.4, -0.2) is 26.8 Å². The largest absolute Gasteiger partial charge is 0.354 e. The average Bonchev–Trinajstić information content (AvgIpc) is 3.43. The van der Waals surface area contributed by atoms with E-state index >= 15 is 0 Å². The zero-order valence-electron chi connectivity index (χ0n) is 19.7. The lowest BCUT2D eigenvalue weighted by Crippen LogP contribution is -2.45. The fourth-order valence-corrected chi connectivity index (χ4v) is 5.70. The molecule has 0 unspecified atom stereocenters. The number of rotatable bonds is 4. The SMILES string of the molecule is O=C(NCc1ccccc1)c1ccc(-c2ncc3c(n2)-c2[nH]c4c(c2CC3)C(=O)NC42CCC2)cc1. The number of nitrogens with one attached hydrogen (secondary N) is 3. The zero-order valence-corrected chi connectivity index (χ0v) is 19.7. The Hall–Kier alpha value is -4.26. The van der Waals surface area contributed by atoms with Crippen molar-refractivity contribution in [1.29, 1.82) is 0 Å². The van der Waals surface area contributed by atoms with Gasteiger partial charge in [0.25, 0.3) is 11.8 Å². The van der Waals surface area contributed by atoms with Gasteiger partial charge in [-0.1, -0.05) is 42.5 Å². The number of carbonyl (C=O) groups is 2. The highest BCUT2D eigenvalue weighted by Gasteiger charge is 2.50. The minimum atomic E-state index is -0.212. The summed E-state index contributed by atoms with van der Waals surface area (Å²) in [5, 5.41) is 6.18. The average molecular weight is 476 g/mol. The molecule has 2 amide bonds. The first-order chi connectivity index (χ1) is 17.6. The highest BCUT2D eigenvalue weighted by atomic mass is 16.2. The van der Waals surface area contributed by atoms with E-state index in [1.165, 1.54) is 0 Å². The predicted octanol–water partition coefficient (Wildman–Crippen LogP) is 4.29. The molecule has 3 aliphatic rings. The standard InChI is InChI=1S/C29H25N5O2/c35-27(31-15-17-5-2-1-3-6-17)19-9-7-18(8-10-19)26-30-16-20-11-12-21-22-25(32-24(21)23(20)33-26)29(13-4-14-29)34-28(22)36/h1-3,5-10,16,32H,4,11-15H2,(H,31,35)(H,34,36). The molecule has 2 aromatic carbocycles. The van der Waals surface area contributed by atoms with Gasteiger partial charge >= 0.3 is 0 Å². The van der Waals surface area contributed by atoms with Crippen molar-refractivity contribution in [3.05, 3.63) is 94.3 Å². The Morgan fingerprint density at radius 1 is 1.03 bits per heavy atom. The van der Waals surface area contributed by atoms with Crippen LogP contribution in [0.25, 0.3) is 22.8 Å². The summed E-state index contributed by atoms with van der Waals surface area (Å²) < 4.78 is 0. The van der Waals surface area contributed by atoms with Gasteiger partial charge in [-0.15, -0.1) is 0 Å².